The SMILES string of the molecule is CC(C)n1c(N2CCC(NC(=O)c3ccc4ccccc4c3)CC2)nc2ccccc21. The van der Waals surface area contributed by atoms with Crippen molar-refractivity contribution in [3.63, 3.8) is 0 Å². The third-order valence-electron chi connectivity index (χ3n) is 6.22. The maximum absolute atomic E-state index is 12.8. The molecule has 1 N–H and O–H groups in total. The molecule has 0 saturated carbocycles. The topological polar surface area (TPSA) is 50.2 Å². The lowest BCUT2D eigenvalue weighted by Gasteiger charge is -2.34. The average molecular weight is 413 g/mol. The zero-order valence-corrected chi connectivity index (χ0v) is 18.1. The summed E-state index contributed by atoms with van der Waals surface area (Å²) in [5.41, 5.74) is 2.94. The molecule has 3 aromatic carbocycles. The van der Waals surface area contributed by atoms with Crippen LogP contribution in [0.2, 0.25) is 0 Å². The van der Waals surface area contributed by atoms with E-state index in [1.54, 1.807) is 0 Å². The number of piperidine rings is 1. The van der Waals surface area contributed by atoms with E-state index in [-0.39, 0.29) is 11.9 Å². The van der Waals surface area contributed by atoms with Crippen LogP contribution in [0, 0.1) is 0 Å². The van der Waals surface area contributed by atoms with Crippen molar-refractivity contribution in [3.05, 3.63) is 72.3 Å². The molecule has 2 heterocycles. The molecule has 0 aliphatic carbocycles. The fraction of sp³-hybridized carbons (Fsp3) is 0.308. The summed E-state index contributed by atoms with van der Waals surface area (Å²) in [5, 5.41) is 5.49. The first-order valence-electron chi connectivity index (χ1n) is 11.1. The summed E-state index contributed by atoms with van der Waals surface area (Å²) >= 11 is 0. The molecule has 4 aromatic rings. The molecule has 1 aromatic heterocycles. The molecule has 5 rings (SSSR count). The number of aromatic nitrogens is 2. The number of nitrogens with zero attached hydrogens (tertiary/aromatic N) is 3. The number of carbonyl (C=O) groups excluding carboxylic acids is 1. The van der Waals surface area contributed by atoms with Gasteiger partial charge in [-0.05, 0) is 61.7 Å². The molecular formula is C26H28N4O. The number of imidazole rings is 1. The lowest BCUT2D eigenvalue weighted by Crippen LogP contribution is -2.45. The highest BCUT2D eigenvalue weighted by molar-refractivity contribution is 5.98. The molecule has 5 heteroatoms. The first-order chi connectivity index (χ1) is 15.1. The minimum absolute atomic E-state index is 0.0126. The fourth-order valence-corrected chi connectivity index (χ4v) is 4.59. The van der Waals surface area contributed by atoms with Crippen molar-refractivity contribution in [3.8, 4) is 0 Å². The zero-order chi connectivity index (χ0) is 21.4. The number of rotatable bonds is 4. The molecule has 1 amide bonds. The third-order valence-corrected chi connectivity index (χ3v) is 6.22. The predicted octanol–water partition coefficient (Wildman–Crippen LogP) is 5.17. The van der Waals surface area contributed by atoms with Gasteiger partial charge in [-0.3, -0.25) is 4.79 Å². The smallest absolute Gasteiger partial charge is 0.251 e. The van der Waals surface area contributed by atoms with Gasteiger partial charge < -0.3 is 14.8 Å². The molecule has 1 aliphatic heterocycles. The molecule has 0 spiro atoms. The van der Waals surface area contributed by atoms with Crippen LogP contribution in [0.3, 0.4) is 0 Å². The van der Waals surface area contributed by atoms with Crippen LogP contribution >= 0.6 is 0 Å². The van der Waals surface area contributed by atoms with Crippen LogP contribution in [-0.4, -0.2) is 34.6 Å². The maximum atomic E-state index is 12.8. The van der Waals surface area contributed by atoms with Crippen molar-refractivity contribution in [2.75, 3.05) is 18.0 Å². The summed E-state index contributed by atoms with van der Waals surface area (Å²) in [6.07, 6.45) is 1.83. The second-order valence-corrected chi connectivity index (χ2v) is 8.66. The second kappa shape index (κ2) is 8.06. The highest BCUT2D eigenvalue weighted by Gasteiger charge is 2.25. The van der Waals surface area contributed by atoms with Gasteiger partial charge in [0, 0.05) is 30.7 Å². The summed E-state index contributed by atoms with van der Waals surface area (Å²) in [6, 6.07) is 22.9. The molecule has 1 aliphatic rings. The van der Waals surface area contributed by atoms with E-state index in [0.717, 1.165) is 53.7 Å². The normalized spacial score (nSPS) is 15.1. The Morgan fingerprint density at radius 3 is 2.45 bits per heavy atom. The molecule has 1 fully saturated rings. The second-order valence-electron chi connectivity index (χ2n) is 8.66. The molecule has 5 nitrogen and oxygen atoms in total. The van der Waals surface area contributed by atoms with E-state index in [0.29, 0.717) is 6.04 Å². The van der Waals surface area contributed by atoms with Gasteiger partial charge in [-0.25, -0.2) is 4.98 Å². The Labute approximate surface area is 182 Å². The molecule has 0 atom stereocenters. The van der Waals surface area contributed by atoms with Gasteiger partial charge in [0.1, 0.15) is 0 Å². The van der Waals surface area contributed by atoms with E-state index in [4.69, 9.17) is 4.98 Å². The number of para-hydroxylation sites is 2. The Hall–Kier alpha value is -3.34. The van der Waals surface area contributed by atoms with E-state index >= 15 is 0 Å². The number of hydrogen-bond acceptors (Lipinski definition) is 3. The van der Waals surface area contributed by atoms with Crippen LogP contribution in [-0.2, 0) is 0 Å². The number of anilines is 1. The van der Waals surface area contributed by atoms with Gasteiger partial charge in [-0.2, -0.15) is 0 Å². The number of benzene rings is 3. The largest absolute Gasteiger partial charge is 0.349 e. The van der Waals surface area contributed by atoms with Crippen molar-refractivity contribution in [2.45, 2.75) is 38.8 Å². The van der Waals surface area contributed by atoms with Gasteiger partial charge in [0.25, 0.3) is 5.91 Å². The van der Waals surface area contributed by atoms with Crippen molar-refractivity contribution in [2.24, 2.45) is 0 Å². The van der Waals surface area contributed by atoms with E-state index in [9.17, 15) is 4.79 Å². The summed E-state index contributed by atoms with van der Waals surface area (Å²) < 4.78 is 2.32. The van der Waals surface area contributed by atoms with Gasteiger partial charge in [0.2, 0.25) is 5.95 Å². The minimum atomic E-state index is 0.0126. The quantitative estimate of drug-likeness (QED) is 0.503. The van der Waals surface area contributed by atoms with E-state index in [1.807, 2.05) is 42.5 Å². The summed E-state index contributed by atoms with van der Waals surface area (Å²) in [4.78, 5) is 20.1. The number of fused-ring (bicyclic) bond motifs is 2. The van der Waals surface area contributed by atoms with Gasteiger partial charge >= 0.3 is 0 Å². The lowest BCUT2D eigenvalue weighted by atomic mass is 10.0. The van der Waals surface area contributed by atoms with Crippen molar-refractivity contribution < 1.29 is 4.79 Å². The van der Waals surface area contributed by atoms with Gasteiger partial charge in [-0.15, -0.1) is 0 Å². The predicted molar refractivity (Wildman–Crippen MR) is 127 cm³/mol. The van der Waals surface area contributed by atoms with Gasteiger partial charge in [0.15, 0.2) is 0 Å². The molecule has 1 saturated heterocycles. The Balaban J connectivity index is 1.28. The van der Waals surface area contributed by atoms with Crippen LogP contribution in [0.15, 0.2) is 66.7 Å². The molecular weight excluding hydrogens is 384 g/mol. The Morgan fingerprint density at radius 2 is 1.68 bits per heavy atom. The highest BCUT2D eigenvalue weighted by atomic mass is 16.1. The zero-order valence-electron chi connectivity index (χ0n) is 18.1. The molecule has 0 bridgehead atoms. The number of carbonyl (C=O) groups is 1. The summed E-state index contributed by atoms with van der Waals surface area (Å²) in [6.45, 7) is 6.18. The molecule has 31 heavy (non-hydrogen) atoms. The highest BCUT2D eigenvalue weighted by Crippen LogP contribution is 2.28. The minimum Gasteiger partial charge on any atom is -0.349 e. The average Bonchev–Trinajstić information content (AvgIpc) is 3.19. The third kappa shape index (κ3) is 3.76. The number of hydrogen-bond donors (Lipinski definition) is 1. The van der Waals surface area contributed by atoms with Crippen LogP contribution in [0.5, 0.6) is 0 Å². The monoisotopic (exact) mass is 412 g/mol. The van der Waals surface area contributed by atoms with Crippen LogP contribution < -0.4 is 10.2 Å². The maximum Gasteiger partial charge on any atom is 0.251 e. The van der Waals surface area contributed by atoms with E-state index in [2.05, 4.69) is 52.9 Å². The Bertz CT molecular complexity index is 1230. The van der Waals surface area contributed by atoms with E-state index < -0.39 is 0 Å². The summed E-state index contributed by atoms with van der Waals surface area (Å²) in [7, 11) is 0. The fourth-order valence-electron chi connectivity index (χ4n) is 4.59. The van der Waals surface area contributed by atoms with Crippen LogP contribution in [0.25, 0.3) is 21.8 Å². The number of nitrogens with one attached hydrogen (secondary N) is 1. The first kappa shape index (κ1) is 19.6. The van der Waals surface area contributed by atoms with Crippen molar-refractivity contribution >= 4 is 33.7 Å². The van der Waals surface area contributed by atoms with Crippen molar-refractivity contribution in [1.29, 1.82) is 0 Å². The molecule has 0 radical (unpaired) electrons. The van der Waals surface area contributed by atoms with Crippen molar-refractivity contribution in [1.82, 2.24) is 14.9 Å². The van der Waals surface area contributed by atoms with Gasteiger partial charge in [0.05, 0.1) is 11.0 Å². The standard InChI is InChI=1S/C26H28N4O/c1-18(2)30-24-10-6-5-9-23(24)28-26(30)29-15-13-22(14-16-29)27-25(31)21-12-11-19-7-3-4-8-20(19)17-21/h3-12,17-18,22H,13-16H2,1-2H3,(H,27,31). The van der Waals surface area contributed by atoms with Crippen LogP contribution in [0.4, 0.5) is 5.95 Å². The van der Waals surface area contributed by atoms with Gasteiger partial charge in [-0.1, -0.05) is 42.5 Å². The Morgan fingerprint density at radius 1 is 0.968 bits per heavy atom. The molecule has 0 unspecified atom stereocenters. The van der Waals surface area contributed by atoms with Crippen LogP contribution in [0.1, 0.15) is 43.1 Å². The lowest BCUT2D eigenvalue weighted by molar-refractivity contribution is 0.0931. The first-order valence-corrected chi connectivity index (χ1v) is 11.1. The van der Waals surface area contributed by atoms with E-state index in [1.165, 1.54) is 5.52 Å². The number of amides is 1. The summed E-state index contributed by atoms with van der Waals surface area (Å²) in [5.74, 6) is 1.05. The Kier molecular flexibility index (Phi) is 5.10. The molecule has 158 valence electrons.